The molecule has 2 bridgehead atoms. The van der Waals surface area contributed by atoms with Crippen molar-refractivity contribution in [3.63, 3.8) is 0 Å². The maximum absolute atomic E-state index is 12.9. The number of allylic oxidation sites excluding steroid dienone is 1. The van der Waals surface area contributed by atoms with Crippen LogP contribution in [0.2, 0.25) is 0 Å². The predicted octanol–water partition coefficient (Wildman–Crippen LogP) is -0.375. The van der Waals surface area contributed by atoms with Crippen LogP contribution in [0.1, 0.15) is 32.3 Å². The second-order valence-corrected chi connectivity index (χ2v) is 8.34. The van der Waals surface area contributed by atoms with Crippen LogP contribution in [0.15, 0.2) is 35.9 Å². The molecule has 118 valence electrons. The first-order chi connectivity index (χ1) is 10.2. The molecule has 2 aliphatic carbocycles. The molecule has 0 spiro atoms. The number of carbonyl (C=O) groups is 1. The molecule has 4 nitrogen and oxygen atoms in total. The van der Waals surface area contributed by atoms with Crippen LogP contribution in [-0.2, 0) is 14.9 Å². The Morgan fingerprint density at radius 1 is 1.26 bits per heavy atom. The third-order valence-corrected chi connectivity index (χ3v) is 6.43. The maximum atomic E-state index is 12.9. The van der Waals surface area contributed by atoms with Crippen molar-refractivity contribution in [1.82, 2.24) is 0 Å². The smallest absolute Gasteiger partial charge is 0.748 e. The standard InChI is InChI=1S/C17H20O4S.Na/c1-16(2)14-8-9-17(16,11-22(19,20)21)15(18)13(14)10-12-6-4-3-5-7-12;/h3-7,10,14H,8-9,11H2,1-2H3,(H,19,20,21);/q;+1/p-1/b13-10+;/t14?,17-;/m0./s1. The van der Waals surface area contributed by atoms with Gasteiger partial charge in [-0.25, -0.2) is 8.42 Å². The van der Waals surface area contributed by atoms with Crippen LogP contribution in [0.3, 0.4) is 0 Å². The van der Waals surface area contributed by atoms with Crippen molar-refractivity contribution in [2.75, 3.05) is 5.75 Å². The molecule has 1 aromatic rings. The summed E-state index contributed by atoms with van der Waals surface area (Å²) in [6.45, 7) is 3.83. The van der Waals surface area contributed by atoms with Crippen molar-refractivity contribution in [2.24, 2.45) is 16.7 Å². The van der Waals surface area contributed by atoms with Gasteiger partial charge in [0.15, 0.2) is 5.78 Å². The Balaban J connectivity index is 0.00000192. The number of ketones is 1. The molecular weight excluding hydrogens is 323 g/mol. The van der Waals surface area contributed by atoms with Gasteiger partial charge in [0.25, 0.3) is 0 Å². The summed E-state index contributed by atoms with van der Waals surface area (Å²) < 4.78 is 34.0. The third kappa shape index (κ3) is 2.98. The zero-order chi connectivity index (χ0) is 16.2. The number of Topliss-reactive ketones (excluding diaryl/α,β-unsaturated/α-hetero) is 1. The summed E-state index contributed by atoms with van der Waals surface area (Å²) >= 11 is 0. The molecule has 0 saturated heterocycles. The van der Waals surface area contributed by atoms with Gasteiger partial charge in [0.2, 0.25) is 0 Å². The average Bonchev–Trinajstić information content (AvgIpc) is 2.73. The van der Waals surface area contributed by atoms with Crippen LogP contribution in [0.4, 0.5) is 0 Å². The second kappa shape index (κ2) is 6.12. The zero-order valence-corrected chi connectivity index (χ0v) is 16.5. The first-order valence-corrected chi connectivity index (χ1v) is 9.00. The molecule has 1 unspecified atom stereocenters. The minimum atomic E-state index is -4.45. The molecule has 6 heteroatoms. The van der Waals surface area contributed by atoms with E-state index in [0.29, 0.717) is 12.0 Å². The van der Waals surface area contributed by atoms with Gasteiger partial charge < -0.3 is 4.55 Å². The Labute approximate surface area is 159 Å². The van der Waals surface area contributed by atoms with Gasteiger partial charge in [-0.05, 0) is 35.8 Å². The second-order valence-electron chi connectivity index (χ2n) is 6.94. The van der Waals surface area contributed by atoms with E-state index in [-0.39, 0.29) is 41.3 Å². The van der Waals surface area contributed by atoms with Crippen LogP contribution in [0.5, 0.6) is 0 Å². The van der Waals surface area contributed by atoms with Crippen molar-refractivity contribution in [2.45, 2.75) is 26.7 Å². The molecule has 0 aliphatic heterocycles. The Morgan fingerprint density at radius 3 is 2.43 bits per heavy atom. The van der Waals surface area contributed by atoms with Crippen molar-refractivity contribution in [3.05, 3.63) is 41.5 Å². The van der Waals surface area contributed by atoms with Gasteiger partial charge >= 0.3 is 29.6 Å². The van der Waals surface area contributed by atoms with E-state index >= 15 is 0 Å². The molecule has 3 rings (SSSR count). The van der Waals surface area contributed by atoms with E-state index in [2.05, 4.69) is 0 Å². The maximum Gasteiger partial charge on any atom is 1.00 e. The SMILES string of the molecule is CC1(C)C2CC[C@]1(CS(=O)(=O)[O-])C(=O)/C2=C/c1ccccc1.[Na+]. The molecule has 2 fully saturated rings. The molecule has 2 saturated carbocycles. The summed E-state index contributed by atoms with van der Waals surface area (Å²) in [6.07, 6.45) is 3.09. The average molecular weight is 342 g/mol. The van der Waals surface area contributed by atoms with E-state index < -0.39 is 26.7 Å². The van der Waals surface area contributed by atoms with Crippen LogP contribution >= 0.6 is 0 Å². The van der Waals surface area contributed by atoms with E-state index in [1.54, 1.807) is 0 Å². The zero-order valence-electron chi connectivity index (χ0n) is 13.7. The van der Waals surface area contributed by atoms with Gasteiger partial charge in [-0.3, -0.25) is 4.79 Å². The first kappa shape index (κ1) is 18.9. The fraction of sp³-hybridized carbons (Fsp3) is 0.471. The topological polar surface area (TPSA) is 74.3 Å². The summed E-state index contributed by atoms with van der Waals surface area (Å²) in [5.41, 5.74) is 0.0431. The Bertz CT molecular complexity index is 752. The Morgan fingerprint density at radius 2 is 1.87 bits per heavy atom. The number of fused-ring (bicyclic) bond motifs is 2. The van der Waals surface area contributed by atoms with Crippen molar-refractivity contribution < 1.29 is 47.3 Å². The summed E-state index contributed by atoms with van der Waals surface area (Å²) in [5.74, 6) is -0.729. The molecule has 0 N–H and O–H groups in total. The minimum absolute atomic E-state index is 0. The van der Waals surface area contributed by atoms with E-state index in [9.17, 15) is 17.8 Å². The van der Waals surface area contributed by atoms with Gasteiger partial charge in [-0.1, -0.05) is 44.2 Å². The number of rotatable bonds is 3. The normalized spacial score (nSPS) is 30.5. The molecule has 0 radical (unpaired) electrons. The minimum Gasteiger partial charge on any atom is -0.748 e. The van der Waals surface area contributed by atoms with E-state index in [1.807, 2.05) is 50.3 Å². The summed E-state index contributed by atoms with van der Waals surface area (Å²) in [7, 11) is -4.45. The van der Waals surface area contributed by atoms with E-state index in [0.717, 1.165) is 12.0 Å². The van der Waals surface area contributed by atoms with Crippen molar-refractivity contribution in [1.29, 1.82) is 0 Å². The molecule has 0 amide bonds. The molecule has 0 heterocycles. The van der Waals surface area contributed by atoms with Gasteiger partial charge in [0.1, 0.15) is 0 Å². The monoisotopic (exact) mass is 342 g/mol. The number of hydrogen-bond donors (Lipinski definition) is 0. The summed E-state index contributed by atoms with van der Waals surface area (Å²) in [6, 6.07) is 9.52. The molecule has 2 atom stereocenters. The van der Waals surface area contributed by atoms with Gasteiger partial charge in [-0.15, -0.1) is 0 Å². The predicted molar refractivity (Wildman–Crippen MR) is 82.9 cm³/mol. The van der Waals surface area contributed by atoms with E-state index in [1.165, 1.54) is 0 Å². The Kier molecular flexibility index (Phi) is 5.02. The van der Waals surface area contributed by atoms with Crippen LogP contribution in [-0.4, -0.2) is 24.5 Å². The molecule has 23 heavy (non-hydrogen) atoms. The van der Waals surface area contributed by atoms with Gasteiger partial charge in [0, 0.05) is 5.57 Å². The summed E-state index contributed by atoms with van der Waals surface area (Å²) in [4.78, 5) is 12.9. The number of carbonyl (C=O) groups excluding carboxylic acids is 1. The first-order valence-electron chi connectivity index (χ1n) is 7.42. The summed E-state index contributed by atoms with van der Waals surface area (Å²) in [5, 5.41) is 0. The van der Waals surface area contributed by atoms with Crippen LogP contribution in [0, 0.1) is 16.7 Å². The fourth-order valence-electron chi connectivity index (χ4n) is 4.31. The van der Waals surface area contributed by atoms with E-state index in [4.69, 9.17) is 0 Å². The molecule has 1 aromatic carbocycles. The fourth-order valence-corrected chi connectivity index (χ4v) is 5.56. The number of hydrogen-bond acceptors (Lipinski definition) is 4. The number of benzene rings is 1. The molecule has 2 aliphatic rings. The molecular formula is C17H19NaO4S. The molecule has 0 aromatic heterocycles. The Hall–Kier alpha value is -0.460. The van der Waals surface area contributed by atoms with Crippen LogP contribution in [0.25, 0.3) is 6.08 Å². The quantitative estimate of drug-likeness (QED) is 0.427. The largest absolute Gasteiger partial charge is 1.00 e. The van der Waals surface area contributed by atoms with Crippen LogP contribution < -0.4 is 29.6 Å². The van der Waals surface area contributed by atoms with Gasteiger partial charge in [-0.2, -0.15) is 0 Å². The van der Waals surface area contributed by atoms with Gasteiger partial charge in [0.05, 0.1) is 21.3 Å². The van der Waals surface area contributed by atoms with Crippen molar-refractivity contribution >= 4 is 22.0 Å². The van der Waals surface area contributed by atoms with Crippen molar-refractivity contribution in [3.8, 4) is 0 Å². The third-order valence-electron chi connectivity index (χ3n) is 5.58.